The van der Waals surface area contributed by atoms with Crippen molar-refractivity contribution in [2.75, 3.05) is 88.6 Å². The highest BCUT2D eigenvalue weighted by Gasteiger charge is 2.49. The molecule has 6 heterocycles. The number of aryl methyl sites for hydroxylation is 6. The summed E-state index contributed by atoms with van der Waals surface area (Å²) in [6.45, 7) is 28.6. The summed E-state index contributed by atoms with van der Waals surface area (Å²) in [4.78, 5) is 203. The van der Waals surface area contributed by atoms with E-state index in [1.54, 1.807) is 70.4 Å². The van der Waals surface area contributed by atoms with Crippen LogP contribution in [0, 0.1) is 38.5 Å². The lowest BCUT2D eigenvalue weighted by Crippen LogP contribution is -2.57. The number of urea groups is 2. The minimum Gasteiger partial charge on any atom is -0.494 e. The number of hydrogen-bond acceptors (Lipinski definition) is 21. The third-order valence-corrected chi connectivity index (χ3v) is 29.0. The van der Waals surface area contributed by atoms with Crippen LogP contribution in [0.1, 0.15) is 298 Å². The number of nitrogens with one attached hydrogen (secondary N) is 2. The molecule has 6 saturated heterocycles. The van der Waals surface area contributed by atoms with E-state index in [2.05, 4.69) is 74.7 Å². The van der Waals surface area contributed by atoms with Gasteiger partial charge in [-0.15, -0.1) is 0 Å². The number of piperidine rings is 4. The van der Waals surface area contributed by atoms with Crippen molar-refractivity contribution in [3.63, 3.8) is 0 Å². The van der Waals surface area contributed by atoms with Gasteiger partial charge in [0.1, 0.15) is 40.7 Å². The first-order valence-corrected chi connectivity index (χ1v) is 52.8. The second-order valence-electron chi connectivity index (χ2n) is 41.8. The number of anilines is 2. The molecular formula is C115H156N10O21. The fourth-order valence-electron chi connectivity index (χ4n) is 19.0. The summed E-state index contributed by atoms with van der Waals surface area (Å²) in [5.41, 5.74) is 13.6. The number of benzene rings is 6. The molecule has 4 unspecified atom stereocenters. The lowest BCUT2D eigenvalue weighted by atomic mass is 9.82. The van der Waals surface area contributed by atoms with Crippen LogP contribution in [-0.4, -0.2) is 227 Å². The lowest BCUT2D eigenvalue weighted by molar-refractivity contribution is -0.153. The Labute approximate surface area is 861 Å². The van der Waals surface area contributed by atoms with Gasteiger partial charge in [0.15, 0.2) is 24.8 Å². The molecule has 6 atom stereocenters. The van der Waals surface area contributed by atoms with Crippen LogP contribution in [-0.2, 0) is 75.1 Å². The van der Waals surface area contributed by atoms with Gasteiger partial charge in [-0.1, -0.05) is 154 Å². The molecular weight excluding hydrogens is 1860 g/mol. The third-order valence-electron chi connectivity index (χ3n) is 29.0. The third kappa shape index (κ3) is 33.7. The number of imide groups is 4. The molecule has 6 aromatic rings. The van der Waals surface area contributed by atoms with Gasteiger partial charge in [0.25, 0.3) is 23.6 Å². The quantitative estimate of drug-likeness (QED) is 0.0157. The van der Waals surface area contributed by atoms with E-state index in [1.807, 2.05) is 98.8 Å². The predicted molar refractivity (Wildman–Crippen MR) is 559 cm³/mol. The van der Waals surface area contributed by atoms with Crippen molar-refractivity contribution >= 4 is 100.0 Å². The Hall–Kier alpha value is -12.7. The van der Waals surface area contributed by atoms with Crippen LogP contribution in [0.15, 0.2) is 133 Å². The molecule has 31 heteroatoms. The number of carboxylic acids is 1. The number of ether oxygens (including phenoxy) is 5. The van der Waals surface area contributed by atoms with Crippen LogP contribution in [0.4, 0.5) is 25.8 Å². The van der Waals surface area contributed by atoms with Crippen LogP contribution >= 0.6 is 0 Å². The van der Waals surface area contributed by atoms with Crippen molar-refractivity contribution in [1.29, 1.82) is 0 Å². The van der Waals surface area contributed by atoms with Crippen molar-refractivity contribution in [1.82, 2.24) is 35.1 Å². The molecule has 0 bridgehead atoms. The number of ketones is 4. The average Bonchev–Trinajstić information content (AvgIpc) is 1.58. The van der Waals surface area contributed by atoms with E-state index in [9.17, 15) is 71.9 Å². The Morgan fingerprint density at radius 2 is 0.904 bits per heavy atom. The number of hydrogen-bond donors (Lipinski definition) is 4. The summed E-state index contributed by atoms with van der Waals surface area (Å²) < 4.78 is 28.4. The predicted octanol–water partition coefficient (Wildman–Crippen LogP) is 18.2. The summed E-state index contributed by atoms with van der Waals surface area (Å²) >= 11 is 0. The summed E-state index contributed by atoms with van der Waals surface area (Å²) in [6.07, 6.45) is 21.1. The van der Waals surface area contributed by atoms with Gasteiger partial charge in [0.2, 0.25) is 29.3 Å². The summed E-state index contributed by atoms with van der Waals surface area (Å²) in [5, 5.41) is 14.3. The molecule has 0 saturated carbocycles. The molecule has 792 valence electrons. The number of aliphatic carboxylic acids is 1. The van der Waals surface area contributed by atoms with Crippen molar-refractivity contribution in [3.05, 3.63) is 178 Å². The smallest absolute Gasteiger partial charge is 0.424 e. The Kier molecular flexibility index (Phi) is 44.0. The Morgan fingerprint density at radius 3 is 1.34 bits per heavy atom. The molecule has 6 fully saturated rings. The SMILES string of the molecule is CC(C)(C)OC(=O)N1C(=O)CCC(N2CCN(c3ccc(OCCCCCCCCN)cc3)C2=O)C1=O.CCC(C)(C)C(=O)C(=O)N1CCCCC1C(=O)C[C@H](CCc1ccc(C)c(C)c1)c1cccc(OCC(=O)NCCCCCCCCOc2ccc(N3CCN(C4CCC(=O)NC4=O)C3=O)cc2)c1.CCC(C)(C)C(=O)C(=O)N1CCCCC1C(=O)C[C@H](CCc1ccc(C)c(C)c1)c1cccc(OCC(=O)O)c1. The van der Waals surface area contributed by atoms with Gasteiger partial charge in [0.05, 0.1) is 25.3 Å². The Bertz CT molecular complexity index is 5500. The maximum atomic E-state index is 14.2. The number of likely N-dealkylation sites (tertiary alicyclic amines) is 3. The van der Waals surface area contributed by atoms with E-state index in [1.165, 1.54) is 72.2 Å². The maximum Gasteiger partial charge on any atom is 0.424 e. The fourth-order valence-corrected chi connectivity index (χ4v) is 19.0. The zero-order valence-electron chi connectivity index (χ0n) is 88.2. The van der Waals surface area contributed by atoms with Gasteiger partial charge in [-0.3, -0.25) is 67.9 Å². The van der Waals surface area contributed by atoms with E-state index >= 15 is 0 Å². The van der Waals surface area contributed by atoms with Gasteiger partial charge in [-0.05, 0) is 300 Å². The van der Waals surface area contributed by atoms with Gasteiger partial charge in [-0.2, -0.15) is 4.90 Å². The van der Waals surface area contributed by atoms with Crippen LogP contribution in [0.2, 0.25) is 0 Å². The molecule has 0 radical (unpaired) electrons. The first-order chi connectivity index (χ1) is 69.7. The number of unbranched alkanes of at least 4 members (excludes halogenated alkanes) is 10. The number of rotatable bonds is 49. The minimum atomic E-state index is -1.06. The van der Waals surface area contributed by atoms with Crippen LogP contribution in [0.25, 0.3) is 0 Å². The van der Waals surface area contributed by atoms with Gasteiger partial charge >= 0.3 is 24.1 Å². The van der Waals surface area contributed by atoms with Crippen LogP contribution < -0.4 is 45.1 Å². The Morgan fingerprint density at radius 1 is 0.466 bits per heavy atom. The maximum absolute atomic E-state index is 14.2. The molecule has 5 N–H and O–H groups in total. The molecule has 12 rings (SSSR count). The molecule has 0 spiro atoms. The number of carbonyl (C=O) groups excluding carboxylic acids is 14. The zero-order chi connectivity index (χ0) is 106. The molecule has 6 aliphatic heterocycles. The van der Waals surface area contributed by atoms with E-state index in [0.29, 0.717) is 126 Å². The standard InChI is InChI=1S/C55H73N5O9.C33H43NO6.C27H40N4O6/c1-6-55(4,5)51(64)53(66)59-30-13-11-18-46(59)48(61)36-42(22-21-40-20-19-38(2)39(3)34-40)41-16-15-17-45(35-41)69-37-50(63)56-29-12-9-7-8-10-14-33-68-44-25-23-43(24-26-44)58-31-32-60(54(58)67)47-27-28-49(62)57-52(47)65;1-6-33(4,5)31(38)32(39)34-17-8-7-12-28(34)29(35)20-26(16-15-24-14-13-22(2)23(3)18-24)25-10-9-11-27(19-25)40-21-30(36)37;1-27(2,3)37-26(35)31-23(32)15-14-22(24(31)33)30-18-17-29(25(30)34)20-10-12-21(13-11-20)36-19-9-7-5-4-6-8-16-28/h15-17,19-20,23-26,34-35,42,46-47H,6-14,18,21-22,27-33,36-37H2,1-5H3,(H,56,63)(H,57,62,65);9-11,13-14,18-19,26,28H,6-8,12,15-17,20-21H2,1-5H3,(H,36,37);10-13,22H,4-9,14-19,28H2,1-3H3/t42-,46?,47?;26-,28?;/m00./s1. The topological polar surface area (TPSA) is 395 Å². The highest BCUT2D eigenvalue weighted by molar-refractivity contribution is 6.39. The first-order valence-electron chi connectivity index (χ1n) is 52.8. The van der Waals surface area contributed by atoms with E-state index < -0.39 is 100 Å². The molecule has 146 heavy (non-hydrogen) atoms. The Balaban J connectivity index is 0.000000242. The normalized spacial score (nSPS) is 17.6. The number of carbonyl (C=O) groups is 15. The molecule has 31 nitrogen and oxygen atoms in total. The average molecular weight is 2010 g/mol. The molecule has 0 aliphatic carbocycles. The van der Waals surface area contributed by atoms with Crippen molar-refractivity contribution in [2.24, 2.45) is 16.6 Å². The number of amides is 12. The second-order valence-corrected chi connectivity index (χ2v) is 41.8. The monoisotopic (exact) mass is 2010 g/mol. The van der Waals surface area contributed by atoms with Crippen LogP contribution in [0.5, 0.6) is 23.0 Å². The van der Waals surface area contributed by atoms with Gasteiger partial charge in [-0.25, -0.2) is 19.2 Å². The number of nitrogens with two attached hydrogens (primary N) is 1. The van der Waals surface area contributed by atoms with Crippen LogP contribution in [0.3, 0.4) is 0 Å². The summed E-state index contributed by atoms with van der Waals surface area (Å²) in [7, 11) is 0. The van der Waals surface area contributed by atoms with Gasteiger partial charge < -0.3 is 59.4 Å². The van der Waals surface area contributed by atoms with Crippen molar-refractivity contribution in [2.45, 2.75) is 324 Å². The molecule has 6 aromatic carbocycles. The highest BCUT2D eigenvalue weighted by atomic mass is 16.6. The zero-order valence-corrected chi connectivity index (χ0v) is 88.2. The van der Waals surface area contributed by atoms with Crippen molar-refractivity contribution < 1.29 is 101 Å². The summed E-state index contributed by atoms with van der Waals surface area (Å²) in [5.74, 6) is -3.24. The summed E-state index contributed by atoms with van der Waals surface area (Å²) in [6, 6.07) is 39.1. The van der Waals surface area contributed by atoms with Crippen molar-refractivity contribution in [3.8, 4) is 23.0 Å². The van der Waals surface area contributed by atoms with E-state index in [0.717, 1.165) is 131 Å². The van der Waals surface area contributed by atoms with Gasteiger partial charge in [0, 0.05) is 93.7 Å². The lowest BCUT2D eigenvalue weighted by Gasteiger charge is -2.36. The minimum absolute atomic E-state index is 0.0147. The molecule has 6 aliphatic rings. The number of nitrogens with zero attached hydrogens (tertiary/aromatic N) is 7. The largest absolute Gasteiger partial charge is 0.494 e. The number of Topliss-reactive ketones (excluding diaryl/α,β-unsaturated/α-hetero) is 4. The second kappa shape index (κ2) is 55.8. The molecule has 0 aromatic heterocycles. The fraction of sp³-hybridized carbons (Fsp3) is 0.557. The van der Waals surface area contributed by atoms with E-state index in [4.69, 9.17) is 34.5 Å². The molecule has 12 amide bonds. The van der Waals surface area contributed by atoms with E-state index in [-0.39, 0.29) is 86.0 Å². The highest BCUT2D eigenvalue weighted by Crippen LogP contribution is 2.38. The number of carboxylic acid groups (broad SMARTS) is 1. The first kappa shape index (κ1) is 115.